The van der Waals surface area contributed by atoms with Crippen molar-refractivity contribution in [2.75, 3.05) is 0 Å². The van der Waals surface area contributed by atoms with Crippen LogP contribution in [0.2, 0.25) is 0 Å². The average Bonchev–Trinajstić information content (AvgIpc) is 3.04. The maximum absolute atomic E-state index is 5.67. The Kier molecular flexibility index (Phi) is 2.31. The molecule has 0 amide bonds. The first-order valence-corrected chi connectivity index (χ1v) is 6.26. The van der Waals surface area contributed by atoms with Gasteiger partial charge in [-0.1, -0.05) is 30.3 Å². The van der Waals surface area contributed by atoms with Crippen molar-refractivity contribution in [2.45, 2.75) is 18.8 Å². The van der Waals surface area contributed by atoms with Gasteiger partial charge in [-0.25, -0.2) is 0 Å². The molecule has 1 fully saturated rings. The fraction of sp³-hybridized carbons (Fsp3) is 0.231. The number of furan rings is 1. The van der Waals surface area contributed by atoms with Crippen molar-refractivity contribution >= 4 is 22.6 Å². The van der Waals surface area contributed by atoms with Crippen molar-refractivity contribution in [2.24, 2.45) is 0 Å². The van der Waals surface area contributed by atoms with E-state index in [2.05, 4.69) is 46.9 Å². The number of halogens is 1. The summed E-state index contributed by atoms with van der Waals surface area (Å²) in [5.41, 5.74) is 2.48. The maximum Gasteiger partial charge on any atom is 0.120 e. The highest BCUT2D eigenvalue weighted by atomic mass is 127. The van der Waals surface area contributed by atoms with Gasteiger partial charge < -0.3 is 4.42 Å². The average molecular weight is 310 g/mol. The summed E-state index contributed by atoms with van der Waals surface area (Å²) in [4.78, 5) is 0. The molecule has 0 radical (unpaired) electrons. The molecule has 76 valence electrons. The van der Waals surface area contributed by atoms with Gasteiger partial charge in [0.05, 0.1) is 9.83 Å². The summed E-state index contributed by atoms with van der Waals surface area (Å²) in [6.45, 7) is 0. The van der Waals surface area contributed by atoms with Crippen LogP contribution in [0.25, 0.3) is 11.1 Å². The third kappa shape index (κ3) is 1.71. The SMILES string of the molecule is Ic1c(-c2ccccc2)coc1C1CC1. The molecule has 2 heteroatoms. The van der Waals surface area contributed by atoms with Crippen LogP contribution in [0.5, 0.6) is 0 Å². The van der Waals surface area contributed by atoms with E-state index < -0.39 is 0 Å². The van der Waals surface area contributed by atoms with E-state index in [1.54, 1.807) is 0 Å². The van der Waals surface area contributed by atoms with Crippen molar-refractivity contribution in [3.63, 3.8) is 0 Å². The van der Waals surface area contributed by atoms with Crippen LogP contribution < -0.4 is 0 Å². The van der Waals surface area contributed by atoms with E-state index in [1.165, 1.54) is 33.3 Å². The molecule has 0 spiro atoms. The molecule has 1 saturated carbocycles. The maximum atomic E-state index is 5.67. The minimum Gasteiger partial charge on any atom is -0.467 e. The molecule has 0 bridgehead atoms. The smallest absolute Gasteiger partial charge is 0.120 e. The van der Waals surface area contributed by atoms with Crippen LogP contribution in [0.15, 0.2) is 41.0 Å². The Balaban J connectivity index is 2.05. The van der Waals surface area contributed by atoms with Crippen molar-refractivity contribution in [1.82, 2.24) is 0 Å². The van der Waals surface area contributed by atoms with E-state index in [1.807, 2.05) is 12.3 Å². The Morgan fingerprint density at radius 2 is 1.87 bits per heavy atom. The third-order valence-electron chi connectivity index (χ3n) is 2.79. The summed E-state index contributed by atoms with van der Waals surface area (Å²) in [7, 11) is 0. The summed E-state index contributed by atoms with van der Waals surface area (Å²) in [5, 5.41) is 0. The molecule has 1 heterocycles. The van der Waals surface area contributed by atoms with Crippen molar-refractivity contribution < 1.29 is 4.42 Å². The van der Waals surface area contributed by atoms with Crippen LogP contribution in [0.3, 0.4) is 0 Å². The van der Waals surface area contributed by atoms with Crippen LogP contribution >= 0.6 is 22.6 Å². The summed E-state index contributed by atoms with van der Waals surface area (Å²) >= 11 is 2.40. The lowest BCUT2D eigenvalue weighted by Gasteiger charge is -1.97. The molecule has 0 saturated heterocycles. The minimum absolute atomic E-state index is 0.689. The summed E-state index contributed by atoms with van der Waals surface area (Å²) in [6.07, 6.45) is 4.47. The Morgan fingerprint density at radius 3 is 2.53 bits per heavy atom. The van der Waals surface area contributed by atoms with Gasteiger partial charge in [0.1, 0.15) is 5.76 Å². The molecule has 3 rings (SSSR count). The second-order valence-corrected chi connectivity index (χ2v) is 5.05. The lowest BCUT2D eigenvalue weighted by atomic mass is 10.1. The monoisotopic (exact) mass is 310 g/mol. The van der Waals surface area contributed by atoms with Crippen LogP contribution in [0, 0.1) is 3.57 Å². The summed E-state index contributed by atoms with van der Waals surface area (Å²) in [6, 6.07) is 10.4. The Bertz CT molecular complexity index is 469. The lowest BCUT2D eigenvalue weighted by Crippen LogP contribution is -1.80. The van der Waals surface area contributed by atoms with Crippen LogP contribution in [-0.4, -0.2) is 0 Å². The van der Waals surface area contributed by atoms with Gasteiger partial charge in [-0.05, 0) is 41.0 Å². The largest absolute Gasteiger partial charge is 0.467 e. The zero-order valence-corrected chi connectivity index (χ0v) is 10.4. The molecule has 2 aromatic rings. The van der Waals surface area contributed by atoms with Gasteiger partial charge in [-0.2, -0.15) is 0 Å². The first-order chi connectivity index (χ1) is 7.36. The van der Waals surface area contributed by atoms with Crippen LogP contribution in [-0.2, 0) is 0 Å². The van der Waals surface area contributed by atoms with Crippen LogP contribution in [0.4, 0.5) is 0 Å². The topological polar surface area (TPSA) is 13.1 Å². The first-order valence-electron chi connectivity index (χ1n) is 5.18. The Labute approximate surface area is 103 Å². The predicted molar refractivity (Wildman–Crippen MR) is 68.8 cm³/mol. The molecule has 1 nitrogen and oxygen atoms in total. The van der Waals surface area contributed by atoms with Gasteiger partial charge in [0, 0.05) is 11.5 Å². The second kappa shape index (κ2) is 3.67. The molecule has 0 atom stereocenters. The molecule has 1 aromatic carbocycles. The van der Waals surface area contributed by atoms with E-state index in [0.717, 1.165) is 0 Å². The van der Waals surface area contributed by atoms with Crippen molar-refractivity contribution in [3.05, 3.63) is 45.9 Å². The molecule has 0 N–H and O–H groups in total. The number of benzene rings is 1. The van der Waals surface area contributed by atoms with Crippen molar-refractivity contribution in [3.8, 4) is 11.1 Å². The highest BCUT2D eigenvalue weighted by Gasteiger charge is 2.30. The second-order valence-electron chi connectivity index (χ2n) is 3.97. The van der Waals surface area contributed by atoms with Gasteiger partial charge in [-0.15, -0.1) is 0 Å². The fourth-order valence-corrected chi connectivity index (χ4v) is 2.80. The third-order valence-corrected chi connectivity index (χ3v) is 3.90. The molecule has 15 heavy (non-hydrogen) atoms. The van der Waals surface area contributed by atoms with Gasteiger partial charge in [0.2, 0.25) is 0 Å². The van der Waals surface area contributed by atoms with Gasteiger partial charge in [-0.3, -0.25) is 0 Å². The highest BCUT2D eigenvalue weighted by molar-refractivity contribution is 14.1. The molecular formula is C13H11IO. The lowest BCUT2D eigenvalue weighted by molar-refractivity contribution is 0.510. The first kappa shape index (κ1) is 9.46. The number of hydrogen-bond donors (Lipinski definition) is 0. The number of hydrogen-bond acceptors (Lipinski definition) is 1. The normalized spacial score (nSPS) is 15.5. The van der Waals surface area contributed by atoms with E-state index in [9.17, 15) is 0 Å². The molecule has 1 aromatic heterocycles. The van der Waals surface area contributed by atoms with E-state index in [-0.39, 0.29) is 0 Å². The molecule has 0 unspecified atom stereocenters. The van der Waals surface area contributed by atoms with E-state index >= 15 is 0 Å². The van der Waals surface area contributed by atoms with Gasteiger partial charge >= 0.3 is 0 Å². The summed E-state index contributed by atoms with van der Waals surface area (Å²) in [5.74, 6) is 1.88. The van der Waals surface area contributed by atoms with E-state index in [0.29, 0.717) is 5.92 Å². The summed E-state index contributed by atoms with van der Waals surface area (Å²) < 4.78 is 6.96. The molecule has 0 aliphatic heterocycles. The molecule has 1 aliphatic rings. The highest BCUT2D eigenvalue weighted by Crippen LogP contribution is 2.45. The number of rotatable bonds is 2. The van der Waals surface area contributed by atoms with Gasteiger partial charge in [0.15, 0.2) is 0 Å². The van der Waals surface area contributed by atoms with Gasteiger partial charge in [0.25, 0.3) is 0 Å². The Morgan fingerprint density at radius 1 is 1.13 bits per heavy atom. The standard InChI is InChI=1S/C13H11IO/c14-12-11(9-4-2-1-3-5-9)8-15-13(12)10-6-7-10/h1-5,8,10H,6-7H2. The predicted octanol–water partition coefficient (Wildman–Crippen LogP) is 4.43. The van der Waals surface area contributed by atoms with Crippen molar-refractivity contribution in [1.29, 1.82) is 0 Å². The zero-order valence-electron chi connectivity index (χ0n) is 8.24. The van der Waals surface area contributed by atoms with E-state index in [4.69, 9.17) is 4.42 Å². The quantitative estimate of drug-likeness (QED) is 0.748. The minimum atomic E-state index is 0.689. The van der Waals surface area contributed by atoms with Crippen LogP contribution in [0.1, 0.15) is 24.5 Å². The molecular weight excluding hydrogens is 299 g/mol. The fourth-order valence-electron chi connectivity index (χ4n) is 1.79. The Hall–Kier alpha value is -0.770. The zero-order chi connectivity index (χ0) is 10.3. The molecule has 1 aliphatic carbocycles.